The van der Waals surface area contributed by atoms with Gasteiger partial charge in [-0.1, -0.05) is 12.1 Å². The van der Waals surface area contributed by atoms with E-state index >= 15 is 0 Å². The number of nitrogens with one attached hydrogen (secondary N) is 3. The molecule has 43 heavy (non-hydrogen) atoms. The lowest BCUT2D eigenvalue weighted by atomic mass is 9.92. The van der Waals surface area contributed by atoms with Crippen LogP contribution in [-0.4, -0.2) is 81.9 Å². The van der Waals surface area contributed by atoms with Gasteiger partial charge in [0.1, 0.15) is 17.9 Å². The zero-order valence-corrected chi connectivity index (χ0v) is 22.8. The fourth-order valence-electron chi connectivity index (χ4n) is 4.64. The van der Waals surface area contributed by atoms with Crippen molar-refractivity contribution in [3.63, 3.8) is 0 Å². The third-order valence-electron chi connectivity index (χ3n) is 7.29. The Labute approximate surface area is 241 Å². The minimum absolute atomic E-state index is 0.239. The summed E-state index contributed by atoms with van der Waals surface area (Å²) in [5, 5.41) is 28.3. The molecule has 3 amide bonds. The van der Waals surface area contributed by atoms with Crippen molar-refractivity contribution in [2.75, 3.05) is 6.61 Å². The molecule has 2 aliphatic rings. The Morgan fingerprint density at radius 2 is 1.72 bits per heavy atom. The van der Waals surface area contributed by atoms with E-state index in [4.69, 9.17) is 9.47 Å². The number of nitrogens with zero attached hydrogens (tertiary/aromatic N) is 1. The first kappa shape index (κ1) is 31.6. The van der Waals surface area contributed by atoms with Crippen molar-refractivity contribution in [2.24, 2.45) is 5.92 Å². The van der Waals surface area contributed by atoms with Gasteiger partial charge in [-0.25, -0.2) is 4.39 Å². The van der Waals surface area contributed by atoms with Crippen LogP contribution in [0.2, 0.25) is 0 Å². The maximum atomic E-state index is 14.6. The molecule has 2 saturated heterocycles. The van der Waals surface area contributed by atoms with E-state index in [2.05, 4.69) is 20.9 Å². The van der Waals surface area contributed by atoms with Crippen molar-refractivity contribution in [1.29, 1.82) is 0 Å². The number of carbonyl (C=O) groups excluding carboxylic acids is 4. The molecule has 7 unspecified atom stereocenters. The standard InChI is InChI=1S/C27H28F4N4O8/c1-10-20(37)14(9-13-17(28)18(29)23(31)35-22(13)30)33-25(39)19(34-24(38)12-5-3-4-6-15(12)36)11(2)32-26(40)21(43-27(10)41)16-7-8-42-16/h3-6,10-11,14,16,19-21,36-37H,7-9H2,1-2H3,(H,32,40)(H,33,39)(H,34,38). The Morgan fingerprint density at radius 1 is 1.05 bits per heavy atom. The number of ether oxygens (including phenoxy) is 2. The van der Waals surface area contributed by atoms with Crippen LogP contribution in [0.5, 0.6) is 5.75 Å². The summed E-state index contributed by atoms with van der Waals surface area (Å²) in [4.78, 5) is 55.3. The largest absolute Gasteiger partial charge is 0.507 e. The maximum absolute atomic E-state index is 14.6. The normalized spacial score (nSPS) is 28.3. The summed E-state index contributed by atoms with van der Waals surface area (Å²) in [5.74, 6) is -14.0. The van der Waals surface area contributed by atoms with E-state index in [1.54, 1.807) is 0 Å². The smallest absolute Gasteiger partial charge is 0.312 e. The summed E-state index contributed by atoms with van der Waals surface area (Å²) >= 11 is 0. The average Bonchev–Trinajstić information content (AvgIpc) is 2.93. The van der Waals surface area contributed by atoms with Gasteiger partial charge in [0.15, 0.2) is 5.82 Å². The molecule has 0 bridgehead atoms. The molecule has 1 aromatic carbocycles. The number of aromatic hydroxyl groups is 1. The van der Waals surface area contributed by atoms with Crippen LogP contribution in [0, 0.1) is 29.4 Å². The van der Waals surface area contributed by atoms with Crippen molar-refractivity contribution in [3.8, 4) is 5.75 Å². The van der Waals surface area contributed by atoms with Gasteiger partial charge in [-0.15, -0.1) is 0 Å². The van der Waals surface area contributed by atoms with Gasteiger partial charge in [0, 0.05) is 25.0 Å². The molecular weight excluding hydrogens is 584 g/mol. The van der Waals surface area contributed by atoms with Gasteiger partial charge < -0.3 is 35.6 Å². The van der Waals surface area contributed by atoms with Crippen LogP contribution < -0.4 is 16.0 Å². The molecule has 12 nitrogen and oxygen atoms in total. The minimum atomic E-state index is -2.11. The summed E-state index contributed by atoms with van der Waals surface area (Å²) < 4.78 is 67.1. The molecule has 232 valence electrons. The molecule has 0 spiro atoms. The van der Waals surface area contributed by atoms with Crippen LogP contribution >= 0.6 is 0 Å². The number of hydrogen-bond acceptors (Lipinski definition) is 9. The third-order valence-corrected chi connectivity index (χ3v) is 7.29. The van der Waals surface area contributed by atoms with E-state index in [1.165, 1.54) is 31.2 Å². The molecular formula is C27H28F4N4O8. The number of rotatable bonds is 5. The van der Waals surface area contributed by atoms with Gasteiger partial charge in [0.25, 0.3) is 17.8 Å². The van der Waals surface area contributed by atoms with E-state index < -0.39 is 107 Å². The molecule has 0 saturated carbocycles. The number of esters is 1. The van der Waals surface area contributed by atoms with Crippen LogP contribution in [-0.2, 0) is 30.3 Å². The van der Waals surface area contributed by atoms with Crippen molar-refractivity contribution in [3.05, 3.63) is 58.9 Å². The SMILES string of the molecule is CC1NC(=O)C(C2CCO2)OC(=O)C(C)C(O)C(Cc2c(F)nc(F)c(F)c2F)NC(=O)C1NC(=O)c1ccccc1O. The van der Waals surface area contributed by atoms with E-state index in [9.17, 15) is 47.0 Å². The van der Waals surface area contributed by atoms with Crippen LogP contribution in [0.25, 0.3) is 0 Å². The number of benzene rings is 1. The second-order valence-corrected chi connectivity index (χ2v) is 10.2. The first-order valence-electron chi connectivity index (χ1n) is 13.2. The Hall–Kier alpha value is -4.31. The Bertz CT molecular complexity index is 1430. The summed E-state index contributed by atoms with van der Waals surface area (Å²) in [6.45, 7) is 2.72. The molecule has 0 aliphatic carbocycles. The van der Waals surface area contributed by atoms with Gasteiger partial charge >= 0.3 is 5.97 Å². The van der Waals surface area contributed by atoms with Gasteiger partial charge in [0.05, 0.1) is 29.7 Å². The number of cyclic esters (lactones) is 1. The van der Waals surface area contributed by atoms with Gasteiger partial charge in [-0.05, 0) is 26.0 Å². The molecule has 0 radical (unpaired) electrons. The predicted octanol–water partition coefficient (Wildman–Crippen LogP) is 0.386. The van der Waals surface area contributed by atoms with Gasteiger partial charge in [0.2, 0.25) is 23.8 Å². The predicted molar refractivity (Wildman–Crippen MR) is 136 cm³/mol. The highest BCUT2D eigenvalue weighted by Crippen LogP contribution is 2.24. The fourth-order valence-corrected chi connectivity index (χ4v) is 4.64. The highest BCUT2D eigenvalue weighted by atomic mass is 19.2. The monoisotopic (exact) mass is 612 g/mol. The average molecular weight is 613 g/mol. The van der Waals surface area contributed by atoms with Gasteiger partial charge in [-0.2, -0.15) is 18.2 Å². The van der Waals surface area contributed by atoms with Crippen LogP contribution in [0.1, 0.15) is 36.2 Å². The molecule has 3 heterocycles. The first-order chi connectivity index (χ1) is 20.3. The molecule has 7 atom stereocenters. The van der Waals surface area contributed by atoms with Crippen molar-refractivity contribution in [1.82, 2.24) is 20.9 Å². The third kappa shape index (κ3) is 6.69. The summed E-state index contributed by atoms with van der Waals surface area (Å²) in [5.41, 5.74) is -1.38. The molecule has 5 N–H and O–H groups in total. The second kappa shape index (κ2) is 12.9. The van der Waals surface area contributed by atoms with Crippen LogP contribution in [0.15, 0.2) is 24.3 Å². The summed E-state index contributed by atoms with van der Waals surface area (Å²) in [6.07, 6.45) is -5.06. The van der Waals surface area contributed by atoms with Crippen LogP contribution in [0.3, 0.4) is 0 Å². The molecule has 2 fully saturated rings. The van der Waals surface area contributed by atoms with E-state index in [-0.39, 0.29) is 12.2 Å². The number of pyridine rings is 1. The quantitative estimate of drug-likeness (QED) is 0.182. The molecule has 1 aromatic heterocycles. The Balaban J connectivity index is 1.73. The van der Waals surface area contributed by atoms with Crippen LogP contribution in [0.4, 0.5) is 17.6 Å². The fraction of sp³-hybridized carbons (Fsp3) is 0.444. The zero-order valence-electron chi connectivity index (χ0n) is 22.8. The first-order valence-corrected chi connectivity index (χ1v) is 13.2. The maximum Gasteiger partial charge on any atom is 0.312 e. The number of phenolic OH excluding ortho intramolecular Hbond substituents is 1. The number of carbonyl (C=O) groups is 4. The Kier molecular flexibility index (Phi) is 9.49. The number of halogens is 4. The number of amides is 3. The van der Waals surface area contributed by atoms with Crippen molar-refractivity contribution < 1.29 is 56.4 Å². The molecule has 4 rings (SSSR count). The van der Waals surface area contributed by atoms with E-state index in [1.807, 2.05) is 0 Å². The second-order valence-electron chi connectivity index (χ2n) is 10.2. The number of aliphatic hydroxyl groups is 1. The van der Waals surface area contributed by atoms with Crippen molar-refractivity contribution >= 4 is 23.7 Å². The minimum Gasteiger partial charge on any atom is -0.507 e. The number of hydrogen-bond donors (Lipinski definition) is 5. The lowest BCUT2D eigenvalue weighted by Crippen LogP contribution is -2.63. The zero-order chi connectivity index (χ0) is 31.6. The van der Waals surface area contributed by atoms with Crippen molar-refractivity contribution in [2.45, 2.75) is 63.1 Å². The van der Waals surface area contributed by atoms with E-state index in [0.29, 0.717) is 6.42 Å². The number of aliphatic hydroxyl groups excluding tert-OH is 1. The molecule has 2 aliphatic heterocycles. The molecule has 16 heteroatoms. The topological polar surface area (TPSA) is 176 Å². The Morgan fingerprint density at radius 3 is 2.35 bits per heavy atom. The summed E-state index contributed by atoms with van der Waals surface area (Å²) in [6, 6.07) is 0.668. The number of para-hydroxylation sites is 1. The highest BCUT2D eigenvalue weighted by molar-refractivity contribution is 6.00. The lowest BCUT2D eigenvalue weighted by Gasteiger charge is -2.37. The van der Waals surface area contributed by atoms with E-state index in [0.717, 1.165) is 6.92 Å². The highest BCUT2D eigenvalue weighted by Gasteiger charge is 2.43. The van der Waals surface area contributed by atoms with Gasteiger partial charge in [-0.3, -0.25) is 19.2 Å². The molecule has 2 aromatic rings. The lowest BCUT2D eigenvalue weighted by molar-refractivity contribution is -0.184. The number of aromatic nitrogens is 1. The summed E-state index contributed by atoms with van der Waals surface area (Å²) in [7, 11) is 0. The number of phenols is 1.